The molecule has 1 aromatic rings. The van der Waals surface area contributed by atoms with E-state index in [1.165, 1.54) is 0 Å². The van der Waals surface area contributed by atoms with Gasteiger partial charge in [-0.25, -0.2) is 0 Å². The predicted molar refractivity (Wildman–Crippen MR) is 40.1 cm³/mol. The van der Waals surface area contributed by atoms with E-state index < -0.39 is 0 Å². The van der Waals surface area contributed by atoms with E-state index in [9.17, 15) is 0 Å². The molecule has 0 radical (unpaired) electrons. The average molecular weight is 304 g/mol. The average Bonchev–Trinajstić information content (AvgIpc) is 1.80. The van der Waals surface area contributed by atoms with Crippen LogP contribution in [0, 0.1) is 13.8 Å². The van der Waals surface area contributed by atoms with E-state index in [2.05, 4.69) is 6.92 Å². The standard InChI is InChI=1S/C8H10N.W/c1-6-3-4-8(9)7(2)5-6;/h3-5H,1,9H2,2H3;/q-1;+2. The SMILES string of the molecule is [CH2-]c1ccc(N)c(C)c1.[W+2]. The van der Waals surface area contributed by atoms with Gasteiger partial charge in [-0.2, -0.15) is 24.6 Å². The van der Waals surface area contributed by atoms with Gasteiger partial charge in [0.25, 0.3) is 0 Å². The molecule has 0 spiro atoms. The van der Waals surface area contributed by atoms with Gasteiger partial charge in [0.2, 0.25) is 0 Å². The fourth-order valence-corrected chi connectivity index (χ4v) is 0.738. The molecular formula is C8H10NW+. The Labute approximate surface area is 75.9 Å². The van der Waals surface area contributed by atoms with Gasteiger partial charge in [0.15, 0.2) is 0 Å². The van der Waals surface area contributed by atoms with E-state index in [-0.39, 0.29) is 21.1 Å². The summed E-state index contributed by atoms with van der Waals surface area (Å²) in [5.41, 5.74) is 8.51. The Hall–Kier alpha value is -0.422. The van der Waals surface area contributed by atoms with Crippen LogP contribution < -0.4 is 5.73 Å². The molecule has 52 valence electrons. The van der Waals surface area contributed by atoms with Gasteiger partial charge in [-0.05, 0) is 6.92 Å². The van der Waals surface area contributed by atoms with E-state index in [1.807, 2.05) is 25.1 Å². The molecule has 0 heterocycles. The van der Waals surface area contributed by atoms with Gasteiger partial charge in [0.05, 0.1) is 0 Å². The molecule has 0 atom stereocenters. The summed E-state index contributed by atoms with van der Waals surface area (Å²) in [5.74, 6) is 0. The molecule has 0 aromatic heterocycles. The Morgan fingerprint density at radius 3 is 2.40 bits per heavy atom. The molecule has 0 saturated heterocycles. The summed E-state index contributed by atoms with van der Waals surface area (Å²) in [7, 11) is 0. The number of hydrogen-bond acceptors (Lipinski definition) is 1. The monoisotopic (exact) mass is 304 g/mol. The van der Waals surface area contributed by atoms with Crippen LogP contribution in [0.2, 0.25) is 0 Å². The Kier molecular flexibility index (Phi) is 3.52. The molecule has 0 aliphatic heterocycles. The van der Waals surface area contributed by atoms with Crippen molar-refractivity contribution in [2.75, 3.05) is 5.73 Å². The summed E-state index contributed by atoms with van der Waals surface area (Å²) < 4.78 is 0. The number of anilines is 1. The van der Waals surface area contributed by atoms with Gasteiger partial charge in [0.1, 0.15) is 0 Å². The topological polar surface area (TPSA) is 26.0 Å². The molecule has 1 rings (SSSR count). The molecule has 0 unspecified atom stereocenters. The molecule has 2 heteroatoms. The third kappa shape index (κ3) is 2.07. The number of aryl methyl sites for hydroxylation is 1. The Balaban J connectivity index is 0.000000810. The molecule has 1 nitrogen and oxygen atoms in total. The van der Waals surface area contributed by atoms with Gasteiger partial charge in [0, 0.05) is 5.69 Å². The molecule has 0 aliphatic carbocycles. The largest absolute Gasteiger partial charge is 2.00 e. The van der Waals surface area contributed by atoms with Crippen molar-refractivity contribution in [1.82, 2.24) is 0 Å². The zero-order chi connectivity index (χ0) is 6.85. The van der Waals surface area contributed by atoms with Gasteiger partial charge in [-0.3, -0.25) is 0 Å². The number of nitrogen functional groups attached to an aromatic ring is 1. The van der Waals surface area contributed by atoms with E-state index in [4.69, 9.17) is 5.73 Å². The third-order valence-corrected chi connectivity index (χ3v) is 1.33. The maximum Gasteiger partial charge on any atom is 2.00 e. The van der Waals surface area contributed by atoms with Gasteiger partial charge >= 0.3 is 21.1 Å². The van der Waals surface area contributed by atoms with Crippen molar-refractivity contribution in [1.29, 1.82) is 0 Å². The van der Waals surface area contributed by atoms with Crippen LogP contribution in [0.25, 0.3) is 0 Å². The zero-order valence-electron chi connectivity index (χ0n) is 5.92. The first-order valence-corrected chi connectivity index (χ1v) is 2.88. The maximum atomic E-state index is 5.56. The van der Waals surface area contributed by atoms with Crippen LogP contribution in [0.15, 0.2) is 18.2 Å². The second-order valence-corrected chi connectivity index (χ2v) is 2.19. The minimum Gasteiger partial charge on any atom is -0.400 e. The van der Waals surface area contributed by atoms with Crippen LogP contribution in [0.1, 0.15) is 11.1 Å². The first-order valence-electron chi connectivity index (χ1n) is 2.88. The van der Waals surface area contributed by atoms with E-state index in [0.29, 0.717) is 0 Å². The van der Waals surface area contributed by atoms with E-state index in [1.54, 1.807) is 0 Å². The van der Waals surface area contributed by atoms with Crippen molar-refractivity contribution in [3.05, 3.63) is 36.2 Å². The smallest absolute Gasteiger partial charge is 0.400 e. The molecule has 10 heavy (non-hydrogen) atoms. The minimum atomic E-state index is 0. The van der Waals surface area contributed by atoms with Crippen LogP contribution in [-0.4, -0.2) is 0 Å². The van der Waals surface area contributed by atoms with Crippen molar-refractivity contribution < 1.29 is 21.1 Å². The normalized spacial score (nSPS) is 8.50. The van der Waals surface area contributed by atoms with E-state index in [0.717, 1.165) is 16.8 Å². The number of benzene rings is 1. The van der Waals surface area contributed by atoms with E-state index >= 15 is 0 Å². The first-order chi connectivity index (χ1) is 4.20. The summed E-state index contributed by atoms with van der Waals surface area (Å²) in [6, 6.07) is 5.75. The molecule has 0 fully saturated rings. The van der Waals surface area contributed by atoms with Gasteiger partial charge < -0.3 is 5.73 Å². The molecule has 1 aromatic carbocycles. The Morgan fingerprint density at radius 1 is 1.40 bits per heavy atom. The second-order valence-electron chi connectivity index (χ2n) is 2.19. The Bertz CT molecular complexity index is 220. The van der Waals surface area contributed by atoms with Crippen molar-refractivity contribution in [3.63, 3.8) is 0 Å². The fraction of sp³-hybridized carbons (Fsp3) is 0.125. The Morgan fingerprint density at radius 2 is 2.00 bits per heavy atom. The van der Waals surface area contributed by atoms with Crippen molar-refractivity contribution in [3.8, 4) is 0 Å². The minimum absolute atomic E-state index is 0. The molecule has 2 N–H and O–H groups in total. The predicted octanol–water partition coefficient (Wildman–Crippen LogP) is 1.76. The second kappa shape index (κ2) is 3.67. The molecule has 0 amide bonds. The van der Waals surface area contributed by atoms with Crippen molar-refractivity contribution >= 4 is 5.69 Å². The number of rotatable bonds is 0. The molecule has 0 bridgehead atoms. The summed E-state index contributed by atoms with van der Waals surface area (Å²) in [6.07, 6.45) is 0. The van der Waals surface area contributed by atoms with Crippen LogP contribution in [0.5, 0.6) is 0 Å². The number of nitrogens with two attached hydrogens (primary N) is 1. The fourth-order valence-electron chi connectivity index (χ4n) is 0.738. The van der Waals surface area contributed by atoms with Crippen molar-refractivity contribution in [2.24, 2.45) is 0 Å². The van der Waals surface area contributed by atoms with Crippen LogP contribution in [-0.2, 0) is 21.1 Å². The zero-order valence-corrected chi connectivity index (χ0v) is 8.86. The quantitative estimate of drug-likeness (QED) is 0.574. The van der Waals surface area contributed by atoms with Crippen molar-refractivity contribution in [2.45, 2.75) is 6.92 Å². The molecular weight excluding hydrogens is 294 g/mol. The number of hydrogen-bond donors (Lipinski definition) is 1. The third-order valence-electron chi connectivity index (χ3n) is 1.33. The van der Waals surface area contributed by atoms with Gasteiger partial charge in [-0.15, -0.1) is 0 Å². The summed E-state index contributed by atoms with van der Waals surface area (Å²) in [6.45, 7) is 5.74. The summed E-state index contributed by atoms with van der Waals surface area (Å²) >= 11 is 0. The van der Waals surface area contributed by atoms with Crippen LogP contribution in [0.3, 0.4) is 0 Å². The first kappa shape index (κ1) is 9.58. The van der Waals surface area contributed by atoms with Crippen LogP contribution >= 0.6 is 0 Å². The summed E-state index contributed by atoms with van der Waals surface area (Å²) in [4.78, 5) is 0. The molecule has 0 saturated carbocycles. The summed E-state index contributed by atoms with van der Waals surface area (Å²) in [5, 5.41) is 0. The van der Waals surface area contributed by atoms with Crippen LogP contribution in [0.4, 0.5) is 5.69 Å². The maximum absolute atomic E-state index is 5.56. The molecule has 0 aliphatic rings. The van der Waals surface area contributed by atoms with Gasteiger partial charge in [-0.1, -0.05) is 11.6 Å².